The van der Waals surface area contributed by atoms with E-state index in [4.69, 9.17) is 9.47 Å². The number of benzene rings is 3. The van der Waals surface area contributed by atoms with Gasteiger partial charge in [0.2, 0.25) is 0 Å². The molecule has 0 spiro atoms. The molecule has 1 saturated heterocycles. The summed E-state index contributed by atoms with van der Waals surface area (Å²) < 4.78 is 11.4. The van der Waals surface area contributed by atoms with Crippen molar-refractivity contribution in [2.45, 2.75) is 36.1 Å². The molecule has 0 saturated carbocycles. The van der Waals surface area contributed by atoms with E-state index in [-0.39, 0.29) is 13.2 Å². The van der Waals surface area contributed by atoms with E-state index in [1.54, 1.807) is 0 Å². The molecule has 0 radical (unpaired) electrons. The van der Waals surface area contributed by atoms with Gasteiger partial charge in [0, 0.05) is 0 Å². The van der Waals surface area contributed by atoms with E-state index in [0.717, 1.165) is 16.7 Å². The predicted molar refractivity (Wildman–Crippen MR) is 119 cm³/mol. The average molecular weight is 437 g/mol. The highest BCUT2D eigenvalue weighted by Crippen LogP contribution is 2.39. The van der Waals surface area contributed by atoms with Crippen molar-refractivity contribution in [1.82, 2.24) is 0 Å². The van der Waals surface area contributed by atoms with Crippen molar-refractivity contribution in [3.05, 3.63) is 108 Å². The summed E-state index contributed by atoms with van der Waals surface area (Å²) in [5.74, 6) is 0. The van der Waals surface area contributed by atoms with Gasteiger partial charge in [0.15, 0.2) is 6.29 Å². The lowest BCUT2D eigenvalue weighted by molar-refractivity contribution is -0.288. The highest BCUT2D eigenvalue weighted by molar-refractivity contribution is 5.50. The van der Waals surface area contributed by atoms with Gasteiger partial charge in [-0.3, -0.25) is 0 Å². The molecule has 32 heavy (non-hydrogen) atoms. The molecular formula is C26H28O6. The number of hydrogen-bond donors (Lipinski definition) is 4. The number of ether oxygens (including phenoxy) is 2. The summed E-state index contributed by atoms with van der Waals surface area (Å²) in [6.45, 7) is 0.155. The van der Waals surface area contributed by atoms with Crippen LogP contribution in [0.1, 0.15) is 16.7 Å². The van der Waals surface area contributed by atoms with Gasteiger partial charge in [-0.05, 0) is 16.7 Å². The Morgan fingerprint density at radius 2 is 1.06 bits per heavy atom. The highest BCUT2D eigenvalue weighted by Gasteiger charge is 2.44. The third-order valence-corrected chi connectivity index (χ3v) is 6.09. The third kappa shape index (κ3) is 4.34. The van der Waals surface area contributed by atoms with Gasteiger partial charge in [0.1, 0.15) is 24.4 Å². The fraction of sp³-hybridized carbons (Fsp3) is 0.308. The van der Waals surface area contributed by atoms with Crippen molar-refractivity contribution >= 4 is 0 Å². The fourth-order valence-corrected chi connectivity index (χ4v) is 4.31. The summed E-state index contributed by atoms with van der Waals surface area (Å²) in [5, 5.41) is 39.8. The van der Waals surface area contributed by atoms with E-state index in [2.05, 4.69) is 36.4 Å². The van der Waals surface area contributed by atoms with Gasteiger partial charge in [0.25, 0.3) is 0 Å². The largest absolute Gasteiger partial charge is 0.387 e. The molecule has 0 amide bonds. The highest BCUT2D eigenvalue weighted by atomic mass is 16.6. The zero-order valence-corrected chi connectivity index (χ0v) is 17.6. The molecule has 3 aromatic rings. The first-order valence-electron chi connectivity index (χ1n) is 10.7. The molecular weight excluding hydrogens is 408 g/mol. The lowest BCUT2D eigenvalue weighted by Crippen LogP contribution is -2.58. The van der Waals surface area contributed by atoms with E-state index in [0.29, 0.717) is 0 Å². The summed E-state index contributed by atoms with van der Waals surface area (Å²) in [6.07, 6.45) is -7.05. The van der Waals surface area contributed by atoms with Gasteiger partial charge in [-0.15, -0.1) is 0 Å². The molecule has 0 aromatic heterocycles. The van der Waals surface area contributed by atoms with Crippen LogP contribution in [-0.4, -0.2) is 64.3 Å². The lowest BCUT2D eigenvalue weighted by Gasteiger charge is -2.39. The zero-order chi connectivity index (χ0) is 22.6. The van der Waals surface area contributed by atoms with Gasteiger partial charge in [-0.2, -0.15) is 0 Å². The number of hydrogen-bond acceptors (Lipinski definition) is 6. The topological polar surface area (TPSA) is 99.4 Å². The van der Waals surface area contributed by atoms with Gasteiger partial charge in [-0.1, -0.05) is 91.0 Å². The van der Waals surface area contributed by atoms with Crippen LogP contribution in [0.5, 0.6) is 0 Å². The normalized spacial score (nSPS) is 26.1. The lowest BCUT2D eigenvalue weighted by atomic mass is 9.70. The Balaban J connectivity index is 1.67. The van der Waals surface area contributed by atoms with Gasteiger partial charge in [0.05, 0.1) is 18.6 Å². The van der Waals surface area contributed by atoms with E-state index < -0.39 is 36.1 Å². The SMILES string of the molecule is O[C@@H]1[C@@H](O)[C@@H](O)O[C@H](COCC(c2ccccc2)(c2ccccc2)c2ccccc2)[C@H]1O. The second kappa shape index (κ2) is 9.92. The molecule has 3 aromatic carbocycles. The Hall–Kier alpha value is -2.58. The number of aliphatic hydroxyl groups excluding tert-OH is 4. The molecule has 4 rings (SSSR count). The third-order valence-electron chi connectivity index (χ3n) is 6.09. The van der Waals surface area contributed by atoms with Crippen LogP contribution in [-0.2, 0) is 14.9 Å². The zero-order valence-electron chi connectivity index (χ0n) is 17.6. The smallest absolute Gasteiger partial charge is 0.184 e. The molecule has 1 heterocycles. The Morgan fingerprint density at radius 3 is 1.50 bits per heavy atom. The minimum absolute atomic E-state index is 0.0732. The van der Waals surface area contributed by atoms with Gasteiger partial charge >= 0.3 is 0 Å². The fourth-order valence-electron chi connectivity index (χ4n) is 4.31. The summed E-state index contributed by atoms with van der Waals surface area (Å²) in [5.41, 5.74) is 2.48. The predicted octanol–water partition coefficient (Wildman–Crippen LogP) is 1.84. The molecule has 5 atom stereocenters. The van der Waals surface area contributed by atoms with Crippen molar-refractivity contribution < 1.29 is 29.9 Å². The minimum Gasteiger partial charge on any atom is -0.387 e. The first-order chi connectivity index (χ1) is 15.5. The molecule has 1 fully saturated rings. The van der Waals surface area contributed by atoms with Crippen LogP contribution in [0.4, 0.5) is 0 Å². The maximum Gasteiger partial charge on any atom is 0.184 e. The van der Waals surface area contributed by atoms with Crippen LogP contribution < -0.4 is 0 Å². The molecule has 0 aliphatic carbocycles. The van der Waals surface area contributed by atoms with Crippen LogP contribution in [0.3, 0.4) is 0 Å². The van der Waals surface area contributed by atoms with E-state index in [9.17, 15) is 20.4 Å². The quantitative estimate of drug-likeness (QED) is 0.422. The summed E-state index contributed by atoms with van der Waals surface area (Å²) in [6, 6.07) is 30.1. The van der Waals surface area contributed by atoms with Crippen LogP contribution in [0.2, 0.25) is 0 Å². The molecule has 6 heteroatoms. The number of aliphatic hydroxyl groups is 4. The van der Waals surface area contributed by atoms with E-state index in [1.165, 1.54) is 0 Å². The van der Waals surface area contributed by atoms with Crippen LogP contribution >= 0.6 is 0 Å². The monoisotopic (exact) mass is 436 g/mol. The van der Waals surface area contributed by atoms with E-state index in [1.807, 2.05) is 54.6 Å². The van der Waals surface area contributed by atoms with Crippen molar-refractivity contribution in [3.63, 3.8) is 0 Å². The van der Waals surface area contributed by atoms with E-state index >= 15 is 0 Å². The number of rotatable bonds is 7. The molecule has 168 valence electrons. The van der Waals surface area contributed by atoms with Crippen molar-refractivity contribution in [2.75, 3.05) is 13.2 Å². The second-order valence-corrected chi connectivity index (χ2v) is 8.06. The van der Waals surface area contributed by atoms with Crippen molar-refractivity contribution in [1.29, 1.82) is 0 Å². The molecule has 6 nitrogen and oxygen atoms in total. The van der Waals surface area contributed by atoms with Crippen LogP contribution in [0.15, 0.2) is 91.0 Å². The van der Waals surface area contributed by atoms with Crippen molar-refractivity contribution in [2.24, 2.45) is 0 Å². The molecule has 4 N–H and O–H groups in total. The Morgan fingerprint density at radius 1 is 0.625 bits per heavy atom. The van der Waals surface area contributed by atoms with Crippen LogP contribution in [0.25, 0.3) is 0 Å². The maximum atomic E-state index is 10.3. The molecule has 1 aliphatic rings. The Kier molecular flexibility index (Phi) is 7.01. The maximum absolute atomic E-state index is 10.3. The molecule has 0 unspecified atom stereocenters. The second-order valence-electron chi connectivity index (χ2n) is 8.06. The van der Waals surface area contributed by atoms with Crippen LogP contribution in [0, 0.1) is 0 Å². The molecule has 1 aliphatic heterocycles. The Labute approximate surface area is 187 Å². The Bertz CT molecular complexity index is 869. The van der Waals surface area contributed by atoms with Gasteiger partial charge < -0.3 is 29.9 Å². The van der Waals surface area contributed by atoms with Crippen molar-refractivity contribution in [3.8, 4) is 0 Å². The summed E-state index contributed by atoms with van der Waals surface area (Å²) in [4.78, 5) is 0. The molecule has 0 bridgehead atoms. The summed E-state index contributed by atoms with van der Waals surface area (Å²) >= 11 is 0. The first-order valence-corrected chi connectivity index (χ1v) is 10.7. The summed E-state index contributed by atoms with van der Waals surface area (Å²) in [7, 11) is 0. The average Bonchev–Trinajstić information content (AvgIpc) is 2.85. The standard InChI is InChI=1S/C26H28O6/c27-22-21(32-25(30)24(29)23(22)28)16-31-17-26(18-10-4-1-5-11-18,19-12-6-2-7-13-19)20-14-8-3-9-15-20/h1-15,21-25,27-30H,16-17H2/t21-,22-,23+,24-,25+/m1/s1. The first kappa shape index (κ1) is 22.6. The van der Waals surface area contributed by atoms with Gasteiger partial charge in [-0.25, -0.2) is 0 Å². The minimum atomic E-state index is -1.59.